The van der Waals surface area contributed by atoms with E-state index in [1.807, 2.05) is 23.6 Å². The Balaban J connectivity index is 1.50. The van der Waals surface area contributed by atoms with Crippen molar-refractivity contribution >= 4 is 46.4 Å². The summed E-state index contributed by atoms with van der Waals surface area (Å²) in [5.41, 5.74) is 1.44. The van der Waals surface area contributed by atoms with Crippen LogP contribution in [0.15, 0.2) is 59.7 Å². The summed E-state index contributed by atoms with van der Waals surface area (Å²) in [6.07, 6.45) is 1.75. The Morgan fingerprint density at radius 2 is 1.96 bits per heavy atom. The van der Waals surface area contributed by atoms with Gasteiger partial charge in [0.15, 0.2) is 5.76 Å². The number of allylic oxidation sites excluding steroid dienone is 1. The normalized spacial score (nSPS) is 14.4. The molecule has 0 saturated heterocycles. The van der Waals surface area contributed by atoms with Crippen molar-refractivity contribution in [3.63, 3.8) is 0 Å². The fourth-order valence-corrected chi connectivity index (χ4v) is 3.52. The SMILES string of the molecule is O=C1C(=Cc2cccs2)Oc2cc(OCc3ccc(Cl)c(Cl)c3)ccc21. The van der Waals surface area contributed by atoms with Gasteiger partial charge in [0.1, 0.15) is 18.1 Å². The molecule has 2 aromatic carbocycles. The number of rotatable bonds is 4. The van der Waals surface area contributed by atoms with Crippen molar-refractivity contribution in [2.45, 2.75) is 6.61 Å². The molecule has 3 nitrogen and oxygen atoms in total. The van der Waals surface area contributed by atoms with Gasteiger partial charge in [-0.05, 0) is 41.3 Å². The smallest absolute Gasteiger partial charge is 0.232 e. The van der Waals surface area contributed by atoms with Crippen molar-refractivity contribution in [3.8, 4) is 11.5 Å². The van der Waals surface area contributed by atoms with Crippen LogP contribution in [0.1, 0.15) is 20.8 Å². The fourth-order valence-electron chi connectivity index (χ4n) is 2.56. The minimum atomic E-state index is -0.121. The number of hydrogen-bond donors (Lipinski definition) is 0. The molecule has 1 aliphatic heterocycles. The summed E-state index contributed by atoms with van der Waals surface area (Å²) in [4.78, 5) is 13.4. The molecule has 0 amide bonds. The average molecular weight is 403 g/mol. The number of ketones is 1. The van der Waals surface area contributed by atoms with Crippen molar-refractivity contribution in [2.24, 2.45) is 0 Å². The zero-order valence-electron chi connectivity index (χ0n) is 13.4. The van der Waals surface area contributed by atoms with E-state index in [1.54, 1.807) is 47.7 Å². The lowest BCUT2D eigenvalue weighted by Crippen LogP contribution is -1.97. The first-order chi connectivity index (χ1) is 12.6. The van der Waals surface area contributed by atoms with E-state index in [0.717, 1.165) is 10.4 Å². The first-order valence-corrected chi connectivity index (χ1v) is 9.42. The van der Waals surface area contributed by atoms with E-state index in [-0.39, 0.29) is 5.78 Å². The Labute approximate surface area is 164 Å². The van der Waals surface area contributed by atoms with E-state index in [9.17, 15) is 4.79 Å². The molecule has 0 N–H and O–H groups in total. The second kappa shape index (κ2) is 7.16. The number of benzene rings is 2. The summed E-state index contributed by atoms with van der Waals surface area (Å²) in [5.74, 6) is 1.32. The van der Waals surface area contributed by atoms with Gasteiger partial charge in [-0.2, -0.15) is 0 Å². The van der Waals surface area contributed by atoms with Gasteiger partial charge in [-0.1, -0.05) is 35.3 Å². The minimum absolute atomic E-state index is 0.121. The molecule has 0 atom stereocenters. The number of hydrogen-bond acceptors (Lipinski definition) is 4. The zero-order valence-corrected chi connectivity index (χ0v) is 15.7. The third-order valence-corrected chi connectivity index (χ3v) is 5.41. The van der Waals surface area contributed by atoms with Crippen LogP contribution in [0.5, 0.6) is 11.5 Å². The topological polar surface area (TPSA) is 35.5 Å². The van der Waals surface area contributed by atoms with Gasteiger partial charge in [0.25, 0.3) is 0 Å². The van der Waals surface area contributed by atoms with Crippen molar-refractivity contribution < 1.29 is 14.3 Å². The van der Waals surface area contributed by atoms with Crippen LogP contribution in [0, 0.1) is 0 Å². The van der Waals surface area contributed by atoms with E-state index in [0.29, 0.717) is 39.5 Å². The van der Waals surface area contributed by atoms with E-state index in [4.69, 9.17) is 32.7 Å². The number of fused-ring (bicyclic) bond motifs is 1. The number of ether oxygens (including phenoxy) is 2. The maximum absolute atomic E-state index is 12.4. The summed E-state index contributed by atoms with van der Waals surface area (Å²) in [5, 5.41) is 2.94. The Kier molecular flexibility index (Phi) is 4.72. The number of carbonyl (C=O) groups is 1. The molecule has 0 unspecified atom stereocenters. The standard InChI is InChI=1S/C20H12Cl2O3S/c21-16-6-3-12(8-17(16)22)11-24-13-4-5-15-18(9-13)25-19(20(15)23)10-14-2-1-7-26-14/h1-10H,11H2. The number of thiophene rings is 1. The number of carbonyl (C=O) groups excluding carboxylic acids is 1. The van der Waals surface area contributed by atoms with Gasteiger partial charge >= 0.3 is 0 Å². The van der Waals surface area contributed by atoms with Crippen molar-refractivity contribution in [2.75, 3.05) is 0 Å². The zero-order chi connectivity index (χ0) is 18.1. The monoisotopic (exact) mass is 402 g/mol. The number of halogens is 2. The van der Waals surface area contributed by atoms with Crippen molar-refractivity contribution in [1.29, 1.82) is 0 Å². The molecule has 0 saturated carbocycles. The predicted octanol–water partition coefficient (Wildman–Crippen LogP) is 6.25. The van der Waals surface area contributed by atoms with Gasteiger partial charge in [0.05, 0.1) is 15.6 Å². The molecule has 0 bridgehead atoms. The predicted molar refractivity (Wildman–Crippen MR) is 104 cm³/mol. The molecule has 0 spiro atoms. The van der Waals surface area contributed by atoms with Gasteiger partial charge in [-0.25, -0.2) is 0 Å². The van der Waals surface area contributed by atoms with Crippen LogP contribution in [0.25, 0.3) is 6.08 Å². The number of Topliss-reactive ketones (excluding diaryl/α,β-unsaturated/α-hetero) is 1. The molecule has 4 rings (SSSR count). The molecule has 6 heteroatoms. The third kappa shape index (κ3) is 3.49. The molecule has 0 radical (unpaired) electrons. The van der Waals surface area contributed by atoms with E-state index >= 15 is 0 Å². The average Bonchev–Trinajstić information content (AvgIpc) is 3.25. The Bertz CT molecular complexity index is 1010. The van der Waals surface area contributed by atoms with Crippen LogP contribution in [-0.4, -0.2) is 5.78 Å². The molecule has 26 heavy (non-hydrogen) atoms. The van der Waals surface area contributed by atoms with Gasteiger partial charge in [0.2, 0.25) is 5.78 Å². The Morgan fingerprint density at radius 1 is 1.08 bits per heavy atom. The first-order valence-electron chi connectivity index (χ1n) is 7.79. The summed E-state index contributed by atoms with van der Waals surface area (Å²) in [6.45, 7) is 0.335. The van der Waals surface area contributed by atoms with Crippen LogP contribution in [0.4, 0.5) is 0 Å². The highest BCUT2D eigenvalue weighted by Gasteiger charge is 2.27. The van der Waals surface area contributed by atoms with Crippen LogP contribution in [-0.2, 0) is 6.61 Å². The second-order valence-electron chi connectivity index (χ2n) is 5.65. The van der Waals surface area contributed by atoms with Crippen molar-refractivity contribution in [3.05, 3.63) is 85.7 Å². The van der Waals surface area contributed by atoms with E-state index in [2.05, 4.69) is 0 Å². The maximum Gasteiger partial charge on any atom is 0.232 e. The van der Waals surface area contributed by atoms with Gasteiger partial charge < -0.3 is 9.47 Å². The Hall–Kier alpha value is -2.27. The third-order valence-electron chi connectivity index (χ3n) is 3.85. The second-order valence-corrected chi connectivity index (χ2v) is 7.44. The van der Waals surface area contributed by atoms with E-state index in [1.165, 1.54) is 0 Å². The largest absolute Gasteiger partial charge is 0.489 e. The highest BCUT2D eigenvalue weighted by molar-refractivity contribution is 7.10. The first kappa shape index (κ1) is 17.2. The van der Waals surface area contributed by atoms with Crippen LogP contribution >= 0.6 is 34.5 Å². The summed E-state index contributed by atoms with van der Waals surface area (Å²) < 4.78 is 11.5. The van der Waals surface area contributed by atoms with Crippen LogP contribution in [0.2, 0.25) is 10.0 Å². The van der Waals surface area contributed by atoms with Gasteiger partial charge in [-0.3, -0.25) is 4.79 Å². The van der Waals surface area contributed by atoms with E-state index < -0.39 is 0 Å². The quantitative estimate of drug-likeness (QED) is 0.483. The van der Waals surface area contributed by atoms with Gasteiger partial charge in [0, 0.05) is 17.0 Å². The molecule has 130 valence electrons. The molecule has 1 aliphatic rings. The minimum Gasteiger partial charge on any atom is -0.489 e. The lowest BCUT2D eigenvalue weighted by molar-refractivity contribution is 0.101. The molecule has 2 heterocycles. The maximum atomic E-state index is 12.4. The summed E-state index contributed by atoms with van der Waals surface area (Å²) in [7, 11) is 0. The fraction of sp³-hybridized carbons (Fsp3) is 0.0500. The molecular formula is C20H12Cl2O3S. The molecular weight excluding hydrogens is 391 g/mol. The van der Waals surface area contributed by atoms with Gasteiger partial charge in [-0.15, -0.1) is 11.3 Å². The van der Waals surface area contributed by atoms with Crippen molar-refractivity contribution in [1.82, 2.24) is 0 Å². The molecule has 1 aromatic heterocycles. The Morgan fingerprint density at radius 3 is 2.73 bits per heavy atom. The molecule has 3 aromatic rings. The summed E-state index contributed by atoms with van der Waals surface area (Å²) >= 11 is 13.5. The lowest BCUT2D eigenvalue weighted by Gasteiger charge is -2.08. The van der Waals surface area contributed by atoms with Crippen LogP contribution < -0.4 is 9.47 Å². The van der Waals surface area contributed by atoms with Crippen LogP contribution in [0.3, 0.4) is 0 Å². The highest BCUT2D eigenvalue weighted by atomic mass is 35.5. The summed E-state index contributed by atoms with van der Waals surface area (Å²) in [6, 6.07) is 14.4. The molecule has 0 aliphatic carbocycles. The highest BCUT2D eigenvalue weighted by Crippen LogP contribution is 2.35. The lowest BCUT2D eigenvalue weighted by atomic mass is 10.1. The molecule has 0 fully saturated rings.